The van der Waals surface area contributed by atoms with Crippen LogP contribution in [0.25, 0.3) is 0 Å². The van der Waals surface area contributed by atoms with Gasteiger partial charge in [-0.3, -0.25) is 4.79 Å². The molecule has 0 aliphatic heterocycles. The lowest BCUT2D eigenvalue weighted by atomic mass is 10.0. The number of rotatable bonds is 19. The molecule has 1 rings (SSSR count). The first-order valence-electron chi connectivity index (χ1n) is 12.7. The fourth-order valence-electron chi connectivity index (χ4n) is 3.88. The Kier molecular flexibility index (Phi) is 15.6. The maximum atomic E-state index is 12.2. The zero-order valence-electron chi connectivity index (χ0n) is 20.0. The minimum Gasteiger partial charge on any atom is -0.459 e. The highest BCUT2D eigenvalue weighted by molar-refractivity contribution is 5.95. The van der Waals surface area contributed by atoms with Gasteiger partial charge in [0.15, 0.2) is 0 Å². The highest BCUT2D eigenvalue weighted by atomic mass is 16.5. The molecule has 0 saturated heterocycles. The number of hydrogen-bond acceptors (Lipinski definition) is 3. The van der Waals surface area contributed by atoms with E-state index in [4.69, 9.17) is 10.5 Å². The van der Waals surface area contributed by atoms with Crippen LogP contribution >= 0.6 is 0 Å². The molecule has 0 bridgehead atoms. The van der Waals surface area contributed by atoms with Crippen molar-refractivity contribution in [1.82, 2.24) is 0 Å². The number of hydrogen-bond donors (Lipinski definition) is 1. The second-order valence-corrected chi connectivity index (χ2v) is 8.90. The standard InChI is InChI=1S/C27H45NO3/c1-3-4-5-6-7-8-9-10-11-12-13-14-15-16-17-18-23(2)31-27(30)25-21-19-24(20-22-25)26(28)29/h19-23H,3-18H2,1-2H3,(H2,28,29)/t23-/m0/s1. The quantitative estimate of drug-likeness (QED) is 0.181. The van der Waals surface area contributed by atoms with E-state index in [1.807, 2.05) is 6.92 Å². The van der Waals surface area contributed by atoms with Gasteiger partial charge in [-0.2, -0.15) is 0 Å². The molecule has 0 radical (unpaired) electrons. The van der Waals surface area contributed by atoms with E-state index in [9.17, 15) is 9.59 Å². The van der Waals surface area contributed by atoms with Crippen molar-refractivity contribution in [3.63, 3.8) is 0 Å². The summed E-state index contributed by atoms with van der Waals surface area (Å²) in [6, 6.07) is 6.28. The van der Waals surface area contributed by atoms with Crippen molar-refractivity contribution in [1.29, 1.82) is 0 Å². The second-order valence-electron chi connectivity index (χ2n) is 8.90. The van der Waals surface area contributed by atoms with Crippen LogP contribution in [-0.4, -0.2) is 18.0 Å². The van der Waals surface area contributed by atoms with Crippen LogP contribution in [0.1, 0.15) is 137 Å². The largest absolute Gasteiger partial charge is 0.459 e. The van der Waals surface area contributed by atoms with Gasteiger partial charge in [0.1, 0.15) is 0 Å². The Morgan fingerprint density at radius 2 is 1.10 bits per heavy atom. The van der Waals surface area contributed by atoms with Gasteiger partial charge in [0.05, 0.1) is 11.7 Å². The zero-order valence-corrected chi connectivity index (χ0v) is 20.0. The minimum atomic E-state index is -0.499. The molecule has 0 saturated carbocycles. The van der Waals surface area contributed by atoms with Crippen LogP contribution in [0.4, 0.5) is 0 Å². The molecule has 176 valence electrons. The molecule has 4 nitrogen and oxygen atoms in total. The number of esters is 1. The molecule has 1 amide bonds. The second kappa shape index (κ2) is 17.8. The molecule has 0 aliphatic carbocycles. The monoisotopic (exact) mass is 431 g/mol. The van der Waals surface area contributed by atoms with E-state index in [1.165, 1.54) is 89.9 Å². The van der Waals surface area contributed by atoms with Gasteiger partial charge in [-0.1, -0.05) is 96.8 Å². The molecule has 0 aliphatic rings. The Labute approximate surface area is 190 Å². The van der Waals surface area contributed by atoms with Crippen LogP contribution in [0, 0.1) is 0 Å². The van der Waals surface area contributed by atoms with Crippen molar-refractivity contribution in [3.8, 4) is 0 Å². The Balaban J connectivity index is 1.93. The first kappa shape index (κ1) is 27.2. The van der Waals surface area contributed by atoms with E-state index >= 15 is 0 Å². The van der Waals surface area contributed by atoms with Gasteiger partial charge in [0.25, 0.3) is 0 Å². The molecule has 0 spiro atoms. The number of benzene rings is 1. The lowest BCUT2D eigenvalue weighted by molar-refractivity contribution is 0.0319. The van der Waals surface area contributed by atoms with Gasteiger partial charge >= 0.3 is 5.97 Å². The minimum absolute atomic E-state index is 0.0923. The van der Waals surface area contributed by atoms with E-state index in [0.29, 0.717) is 11.1 Å². The molecule has 4 heteroatoms. The van der Waals surface area contributed by atoms with Crippen molar-refractivity contribution < 1.29 is 14.3 Å². The first-order chi connectivity index (χ1) is 15.0. The number of ether oxygens (including phenoxy) is 1. The van der Waals surface area contributed by atoms with Crippen LogP contribution in [0.15, 0.2) is 24.3 Å². The van der Waals surface area contributed by atoms with Crippen molar-refractivity contribution in [2.45, 2.75) is 123 Å². The predicted octanol–water partition coefficient (Wildman–Crippen LogP) is 7.59. The number of carbonyl (C=O) groups is 2. The van der Waals surface area contributed by atoms with Crippen LogP contribution in [0.5, 0.6) is 0 Å². The summed E-state index contributed by atoms with van der Waals surface area (Å²) in [5.41, 5.74) is 6.06. The molecule has 0 unspecified atom stereocenters. The summed E-state index contributed by atoms with van der Waals surface area (Å²) in [6.45, 7) is 4.22. The van der Waals surface area contributed by atoms with Crippen molar-refractivity contribution in [2.24, 2.45) is 5.73 Å². The molecular formula is C27H45NO3. The molecule has 0 aromatic heterocycles. The first-order valence-corrected chi connectivity index (χ1v) is 12.7. The summed E-state index contributed by atoms with van der Waals surface area (Å²) in [7, 11) is 0. The maximum absolute atomic E-state index is 12.2. The molecule has 1 atom stereocenters. The Hall–Kier alpha value is -1.84. The van der Waals surface area contributed by atoms with Gasteiger partial charge in [0, 0.05) is 5.56 Å². The smallest absolute Gasteiger partial charge is 0.338 e. The summed E-state index contributed by atoms with van der Waals surface area (Å²) >= 11 is 0. The van der Waals surface area contributed by atoms with E-state index in [2.05, 4.69) is 6.92 Å². The van der Waals surface area contributed by atoms with Gasteiger partial charge in [-0.05, 0) is 44.0 Å². The van der Waals surface area contributed by atoms with E-state index < -0.39 is 5.91 Å². The van der Waals surface area contributed by atoms with Crippen LogP contribution in [0.2, 0.25) is 0 Å². The van der Waals surface area contributed by atoms with Gasteiger partial charge in [-0.25, -0.2) is 4.79 Å². The number of carbonyl (C=O) groups excluding carboxylic acids is 2. The maximum Gasteiger partial charge on any atom is 0.338 e. The van der Waals surface area contributed by atoms with Crippen molar-refractivity contribution in [2.75, 3.05) is 0 Å². The Morgan fingerprint density at radius 3 is 1.52 bits per heavy atom. The molecule has 31 heavy (non-hydrogen) atoms. The van der Waals surface area contributed by atoms with E-state index in [0.717, 1.165) is 12.8 Å². The van der Waals surface area contributed by atoms with E-state index in [-0.39, 0.29) is 12.1 Å². The third-order valence-electron chi connectivity index (χ3n) is 5.93. The molecular weight excluding hydrogens is 386 g/mol. The SMILES string of the molecule is CCCCCCCCCCCCCCCCC[C@H](C)OC(=O)c1ccc(C(N)=O)cc1. The van der Waals surface area contributed by atoms with Gasteiger partial charge < -0.3 is 10.5 Å². The molecule has 0 fully saturated rings. The third kappa shape index (κ3) is 14.0. The van der Waals surface area contributed by atoms with Crippen LogP contribution in [0.3, 0.4) is 0 Å². The average Bonchev–Trinajstić information content (AvgIpc) is 2.76. The van der Waals surface area contributed by atoms with Crippen molar-refractivity contribution in [3.05, 3.63) is 35.4 Å². The number of primary amides is 1. The third-order valence-corrected chi connectivity index (χ3v) is 5.93. The summed E-state index contributed by atoms with van der Waals surface area (Å²) in [5, 5.41) is 0. The fraction of sp³-hybridized carbons (Fsp3) is 0.704. The summed E-state index contributed by atoms with van der Waals surface area (Å²) in [5.74, 6) is -0.842. The Morgan fingerprint density at radius 1 is 0.710 bits per heavy atom. The van der Waals surface area contributed by atoms with E-state index in [1.54, 1.807) is 24.3 Å². The summed E-state index contributed by atoms with van der Waals surface area (Å²) in [6.07, 6.45) is 21.0. The number of amides is 1. The van der Waals surface area contributed by atoms with Crippen LogP contribution in [-0.2, 0) is 4.74 Å². The molecule has 2 N–H and O–H groups in total. The normalized spacial score (nSPS) is 11.9. The fourth-order valence-corrected chi connectivity index (χ4v) is 3.88. The number of nitrogens with two attached hydrogens (primary N) is 1. The number of unbranched alkanes of at least 4 members (excludes halogenated alkanes) is 14. The summed E-state index contributed by atoms with van der Waals surface area (Å²) < 4.78 is 5.50. The molecule has 0 heterocycles. The molecule has 1 aromatic carbocycles. The predicted molar refractivity (Wildman–Crippen MR) is 129 cm³/mol. The highest BCUT2D eigenvalue weighted by Crippen LogP contribution is 2.15. The lowest BCUT2D eigenvalue weighted by Crippen LogP contribution is -2.16. The lowest BCUT2D eigenvalue weighted by Gasteiger charge is -2.13. The topological polar surface area (TPSA) is 69.4 Å². The van der Waals surface area contributed by atoms with Crippen molar-refractivity contribution >= 4 is 11.9 Å². The molecule has 1 aromatic rings. The van der Waals surface area contributed by atoms with Crippen LogP contribution < -0.4 is 5.73 Å². The van der Waals surface area contributed by atoms with Gasteiger partial charge in [-0.15, -0.1) is 0 Å². The zero-order chi connectivity index (χ0) is 22.7. The average molecular weight is 432 g/mol. The van der Waals surface area contributed by atoms with Gasteiger partial charge in [0.2, 0.25) is 5.91 Å². The highest BCUT2D eigenvalue weighted by Gasteiger charge is 2.12. The Bertz CT molecular complexity index is 597. The summed E-state index contributed by atoms with van der Waals surface area (Å²) in [4.78, 5) is 23.2.